The third-order valence-electron chi connectivity index (χ3n) is 3.80. The summed E-state index contributed by atoms with van der Waals surface area (Å²) in [5.74, 6) is -0.794. The standard InChI is InChI=1S/C21H20FN3O3S2/c1-2-23-18(27)13-29-21-25-19(14-8-4-3-5-9-14)20(30-21)24-17(26)12-28-16-11-7-6-10-15(16)22/h3-11H,2,12-13H2,1H3,(H,23,27)(H,24,26). The number of nitrogens with zero attached hydrogens (tertiary/aromatic N) is 1. The van der Waals surface area contributed by atoms with Crippen LogP contribution in [0.15, 0.2) is 58.9 Å². The first kappa shape index (κ1) is 21.8. The number of aromatic nitrogens is 1. The fourth-order valence-corrected chi connectivity index (χ4v) is 4.39. The number of para-hydroxylation sites is 1. The normalized spacial score (nSPS) is 10.5. The van der Waals surface area contributed by atoms with Crippen molar-refractivity contribution in [1.82, 2.24) is 10.3 Å². The first-order valence-corrected chi connectivity index (χ1v) is 11.0. The minimum atomic E-state index is -0.530. The molecule has 0 aliphatic heterocycles. The minimum Gasteiger partial charge on any atom is -0.481 e. The van der Waals surface area contributed by atoms with Gasteiger partial charge in [0.1, 0.15) is 10.7 Å². The second-order valence-corrected chi connectivity index (χ2v) is 8.25. The summed E-state index contributed by atoms with van der Waals surface area (Å²) >= 11 is 2.58. The molecule has 0 bridgehead atoms. The molecule has 1 aromatic heterocycles. The zero-order valence-corrected chi connectivity index (χ0v) is 17.8. The Hall–Kier alpha value is -2.91. The summed E-state index contributed by atoms with van der Waals surface area (Å²) in [6.45, 7) is 2.08. The Morgan fingerprint density at radius 1 is 1.10 bits per heavy atom. The molecule has 6 nitrogen and oxygen atoms in total. The molecule has 0 radical (unpaired) electrons. The van der Waals surface area contributed by atoms with Crippen LogP contribution in [0.1, 0.15) is 6.92 Å². The van der Waals surface area contributed by atoms with E-state index in [0.717, 1.165) is 5.56 Å². The zero-order valence-electron chi connectivity index (χ0n) is 16.2. The Balaban J connectivity index is 1.72. The highest BCUT2D eigenvalue weighted by molar-refractivity contribution is 8.01. The van der Waals surface area contributed by atoms with Gasteiger partial charge in [0, 0.05) is 12.1 Å². The summed E-state index contributed by atoms with van der Waals surface area (Å²) in [5, 5.41) is 6.07. The van der Waals surface area contributed by atoms with Crippen LogP contribution in [-0.4, -0.2) is 35.7 Å². The molecule has 2 amide bonds. The van der Waals surface area contributed by atoms with E-state index in [1.54, 1.807) is 12.1 Å². The van der Waals surface area contributed by atoms with Gasteiger partial charge in [-0.1, -0.05) is 65.6 Å². The summed E-state index contributed by atoms with van der Waals surface area (Å²) in [7, 11) is 0. The van der Waals surface area contributed by atoms with Gasteiger partial charge in [0.05, 0.1) is 5.75 Å². The van der Waals surface area contributed by atoms with Gasteiger partial charge in [0.25, 0.3) is 5.91 Å². The average molecular weight is 446 g/mol. The lowest BCUT2D eigenvalue weighted by Crippen LogP contribution is -2.24. The van der Waals surface area contributed by atoms with E-state index in [2.05, 4.69) is 15.6 Å². The highest BCUT2D eigenvalue weighted by Crippen LogP contribution is 2.37. The third-order valence-corrected chi connectivity index (χ3v) is 5.92. The quantitative estimate of drug-likeness (QED) is 0.483. The highest BCUT2D eigenvalue weighted by Gasteiger charge is 2.17. The first-order valence-electron chi connectivity index (χ1n) is 9.19. The van der Waals surface area contributed by atoms with Crippen molar-refractivity contribution >= 4 is 39.9 Å². The van der Waals surface area contributed by atoms with Crippen molar-refractivity contribution in [2.24, 2.45) is 0 Å². The molecule has 2 aromatic carbocycles. The van der Waals surface area contributed by atoms with E-state index in [1.807, 2.05) is 37.3 Å². The van der Waals surface area contributed by atoms with Gasteiger partial charge in [-0.25, -0.2) is 9.37 Å². The Morgan fingerprint density at radius 3 is 2.57 bits per heavy atom. The number of hydrogen-bond acceptors (Lipinski definition) is 6. The van der Waals surface area contributed by atoms with Crippen molar-refractivity contribution in [3.05, 3.63) is 60.4 Å². The van der Waals surface area contributed by atoms with Crippen LogP contribution in [0.2, 0.25) is 0 Å². The molecular formula is C21H20FN3O3S2. The van der Waals surface area contributed by atoms with Gasteiger partial charge in [-0.2, -0.15) is 0 Å². The number of nitrogens with one attached hydrogen (secondary N) is 2. The van der Waals surface area contributed by atoms with Crippen LogP contribution in [0.4, 0.5) is 9.39 Å². The molecule has 3 aromatic rings. The number of rotatable bonds is 9. The minimum absolute atomic E-state index is 0.0124. The molecule has 0 saturated carbocycles. The van der Waals surface area contributed by atoms with E-state index >= 15 is 0 Å². The van der Waals surface area contributed by atoms with E-state index < -0.39 is 11.7 Å². The van der Waals surface area contributed by atoms with Crippen molar-refractivity contribution in [1.29, 1.82) is 0 Å². The van der Waals surface area contributed by atoms with Gasteiger partial charge in [0.15, 0.2) is 22.5 Å². The molecule has 2 N–H and O–H groups in total. The largest absolute Gasteiger partial charge is 0.481 e. The molecular weight excluding hydrogens is 425 g/mol. The molecule has 0 atom stereocenters. The number of thioether (sulfide) groups is 1. The van der Waals surface area contributed by atoms with Crippen LogP contribution in [0.3, 0.4) is 0 Å². The number of thiazole rings is 1. The molecule has 0 unspecified atom stereocenters. The zero-order chi connectivity index (χ0) is 21.3. The lowest BCUT2D eigenvalue weighted by molar-refractivity contribution is -0.119. The van der Waals surface area contributed by atoms with Crippen LogP contribution >= 0.6 is 23.1 Å². The number of benzene rings is 2. The molecule has 3 rings (SSSR count). The van der Waals surface area contributed by atoms with Crippen LogP contribution in [0.25, 0.3) is 11.3 Å². The molecule has 0 fully saturated rings. The molecule has 0 aliphatic carbocycles. The molecule has 0 aliphatic rings. The van der Waals surface area contributed by atoms with Gasteiger partial charge < -0.3 is 15.4 Å². The van der Waals surface area contributed by atoms with Crippen LogP contribution < -0.4 is 15.4 Å². The van der Waals surface area contributed by atoms with Crippen LogP contribution in [0, 0.1) is 5.82 Å². The smallest absolute Gasteiger partial charge is 0.262 e. The maximum atomic E-state index is 13.7. The number of ether oxygens (including phenoxy) is 1. The van der Waals surface area contributed by atoms with Crippen molar-refractivity contribution in [3.8, 4) is 17.0 Å². The fraction of sp³-hybridized carbons (Fsp3) is 0.190. The highest BCUT2D eigenvalue weighted by atomic mass is 32.2. The number of amides is 2. The lowest BCUT2D eigenvalue weighted by Gasteiger charge is -2.08. The Kier molecular flexibility index (Phi) is 7.81. The van der Waals surface area contributed by atoms with Crippen molar-refractivity contribution in [2.75, 3.05) is 24.2 Å². The second-order valence-electron chi connectivity index (χ2n) is 6.03. The van der Waals surface area contributed by atoms with Crippen molar-refractivity contribution in [2.45, 2.75) is 11.3 Å². The molecule has 1 heterocycles. The van der Waals surface area contributed by atoms with Crippen LogP contribution in [0.5, 0.6) is 5.75 Å². The third kappa shape index (κ3) is 6.04. The Morgan fingerprint density at radius 2 is 1.83 bits per heavy atom. The lowest BCUT2D eigenvalue weighted by atomic mass is 10.2. The van der Waals surface area contributed by atoms with Crippen molar-refractivity contribution < 1.29 is 18.7 Å². The van der Waals surface area contributed by atoms with E-state index in [9.17, 15) is 14.0 Å². The maximum absolute atomic E-state index is 13.7. The SMILES string of the molecule is CCNC(=O)CSc1nc(-c2ccccc2)c(NC(=O)COc2ccccc2F)s1. The summed E-state index contributed by atoms with van der Waals surface area (Å²) in [6.07, 6.45) is 0. The van der Waals surface area contributed by atoms with Crippen molar-refractivity contribution in [3.63, 3.8) is 0 Å². The van der Waals surface area contributed by atoms with Gasteiger partial charge >= 0.3 is 0 Å². The Bertz CT molecular complexity index is 1010. The van der Waals surface area contributed by atoms with E-state index in [-0.39, 0.29) is 24.0 Å². The molecule has 30 heavy (non-hydrogen) atoms. The van der Waals surface area contributed by atoms with E-state index in [4.69, 9.17) is 4.74 Å². The van der Waals surface area contributed by atoms with Gasteiger partial charge in [-0.15, -0.1) is 0 Å². The molecule has 0 saturated heterocycles. The topological polar surface area (TPSA) is 80.3 Å². The summed E-state index contributed by atoms with van der Waals surface area (Å²) in [6, 6.07) is 15.3. The molecule has 9 heteroatoms. The average Bonchev–Trinajstić information content (AvgIpc) is 3.15. The summed E-state index contributed by atoms with van der Waals surface area (Å²) < 4.78 is 19.6. The predicted molar refractivity (Wildman–Crippen MR) is 117 cm³/mol. The monoisotopic (exact) mass is 445 g/mol. The predicted octanol–water partition coefficient (Wildman–Crippen LogP) is 4.19. The molecule has 0 spiro atoms. The van der Waals surface area contributed by atoms with Crippen LogP contribution in [-0.2, 0) is 9.59 Å². The summed E-state index contributed by atoms with van der Waals surface area (Å²) in [5.41, 5.74) is 1.45. The van der Waals surface area contributed by atoms with E-state index in [1.165, 1.54) is 35.2 Å². The van der Waals surface area contributed by atoms with Gasteiger partial charge in [-0.05, 0) is 19.1 Å². The number of anilines is 1. The number of carbonyl (C=O) groups is 2. The number of carbonyl (C=O) groups excluding carboxylic acids is 2. The Labute approximate surface area is 181 Å². The second kappa shape index (κ2) is 10.7. The fourth-order valence-electron chi connectivity index (χ4n) is 2.48. The van der Waals surface area contributed by atoms with Gasteiger partial charge in [-0.3, -0.25) is 9.59 Å². The summed E-state index contributed by atoms with van der Waals surface area (Å²) in [4.78, 5) is 28.7. The van der Waals surface area contributed by atoms with E-state index in [0.29, 0.717) is 21.6 Å². The number of hydrogen-bond donors (Lipinski definition) is 2. The van der Waals surface area contributed by atoms with Gasteiger partial charge in [0.2, 0.25) is 5.91 Å². The maximum Gasteiger partial charge on any atom is 0.262 e. The molecule has 156 valence electrons. The number of halogens is 1. The first-order chi connectivity index (χ1) is 14.6.